The average Bonchev–Trinajstić information content (AvgIpc) is 2.56. The van der Waals surface area contributed by atoms with E-state index in [2.05, 4.69) is 10.6 Å². The molecule has 0 aliphatic heterocycles. The summed E-state index contributed by atoms with van der Waals surface area (Å²) >= 11 is 7.31. The number of hydrogen-bond donors (Lipinski definition) is 2. The molecule has 2 aromatic rings. The Labute approximate surface area is 157 Å². The van der Waals surface area contributed by atoms with Crippen LogP contribution in [0.2, 0.25) is 5.02 Å². The lowest BCUT2D eigenvalue weighted by molar-refractivity contribution is -0.114. The van der Waals surface area contributed by atoms with E-state index in [-0.39, 0.29) is 23.3 Å². The molecule has 2 aromatic carbocycles. The van der Waals surface area contributed by atoms with Crippen molar-refractivity contribution in [1.29, 1.82) is 0 Å². The standard InChI is InChI=1S/C19H21ClN2O2S/c1-12-6-4-8-16(13(12)2)21-18(23)10-25-11-19(24)22-17-9-5-7-15(20)14(17)3/h4-9H,10-11H2,1-3H3,(H,21,23)(H,22,24). The van der Waals surface area contributed by atoms with Gasteiger partial charge in [0.25, 0.3) is 0 Å². The minimum Gasteiger partial charge on any atom is -0.325 e. The first-order valence-corrected chi connectivity index (χ1v) is 9.40. The SMILES string of the molecule is Cc1cccc(NC(=O)CSCC(=O)Nc2cccc(Cl)c2C)c1C. The van der Waals surface area contributed by atoms with Gasteiger partial charge in [-0.15, -0.1) is 11.8 Å². The molecule has 0 unspecified atom stereocenters. The van der Waals surface area contributed by atoms with E-state index in [4.69, 9.17) is 11.6 Å². The van der Waals surface area contributed by atoms with Crippen molar-refractivity contribution in [3.63, 3.8) is 0 Å². The van der Waals surface area contributed by atoms with E-state index in [1.807, 2.05) is 39.0 Å². The quantitative estimate of drug-likeness (QED) is 0.776. The van der Waals surface area contributed by atoms with Crippen LogP contribution < -0.4 is 10.6 Å². The van der Waals surface area contributed by atoms with Gasteiger partial charge < -0.3 is 10.6 Å². The zero-order valence-corrected chi connectivity index (χ0v) is 16.1. The lowest BCUT2D eigenvalue weighted by atomic mass is 10.1. The minimum absolute atomic E-state index is 0.120. The molecular formula is C19H21ClN2O2S. The highest BCUT2D eigenvalue weighted by atomic mass is 35.5. The zero-order chi connectivity index (χ0) is 18.4. The third-order valence-electron chi connectivity index (χ3n) is 3.89. The molecule has 25 heavy (non-hydrogen) atoms. The molecule has 0 aliphatic carbocycles. The molecule has 2 N–H and O–H groups in total. The Morgan fingerprint density at radius 2 is 1.40 bits per heavy atom. The molecule has 0 fully saturated rings. The largest absolute Gasteiger partial charge is 0.325 e. The van der Waals surface area contributed by atoms with Gasteiger partial charge in [0.05, 0.1) is 11.5 Å². The first-order chi connectivity index (χ1) is 11.9. The fraction of sp³-hybridized carbons (Fsp3) is 0.263. The zero-order valence-electron chi connectivity index (χ0n) is 14.5. The van der Waals surface area contributed by atoms with E-state index in [1.54, 1.807) is 18.2 Å². The topological polar surface area (TPSA) is 58.2 Å². The molecule has 0 aromatic heterocycles. The van der Waals surface area contributed by atoms with E-state index in [1.165, 1.54) is 11.8 Å². The van der Waals surface area contributed by atoms with E-state index in [0.717, 1.165) is 22.4 Å². The third-order valence-corrected chi connectivity index (χ3v) is 5.23. The normalized spacial score (nSPS) is 10.4. The van der Waals surface area contributed by atoms with Gasteiger partial charge in [-0.05, 0) is 55.7 Å². The van der Waals surface area contributed by atoms with Gasteiger partial charge >= 0.3 is 0 Å². The van der Waals surface area contributed by atoms with Crippen LogP contribution in [0.15, 0.2) is 36.4 Å². The Kier molecular flexibility index (Phi) is 6.91. The Hall–Kier alpha value is -1.98. The van der Waals surface area contributed by atoms with Crippen LogP contribution in [-0.2, 0) is 9.59 Å². The molecule has 0 saturated carbocycles. The summed E-state index contributed by atoms with van der Waals surface area (Å²) in [7, 11) is 0. The average molecular weight is 377 g/mol. The minimum atomic E-state index is -0.157. The molecule has 0 heterocycles. The Balaban J connectivity index is 1.80. The number of amides is 2. The van der Waals surface area contributed by atoms with Crippen molar-refractivity contribution < 1.29 is 9.59 Å². The van der Waals surface area contributed by atoms with Crippen molar-refractivity contribution in [1.82, 2.24) is 0 Å². The number of halogens is 1. The molecule has 0 bridgehead atoms. The van der Waals surface area contributed by atoms with Crippen molar-refractivity contribution in [3.05, 3.63) is 58.1 Å². The second kappa shape index (κ2) is 8.92. The molecule has 0 spiro atoms. The lowest BCUT2D eigenvalue weighted by Gasteiger charge is -2.11. The number of rotatable bonds is 6. The summed E-state index contributed by atoms with van der Waals surface area (Å²) in [4.78, 5) is 24.0. The number of aryl methyl sites for hydroxylation is 1. The maximum atomic E-state index is 12.0. The van der Waals surface area contributed by atoms with Gasteiger partial charge in [-0.25, -0.2) is 0 Å². The maximum Gasteiger partial charge on any atom is 0.234 e. The molecule has 0 aliphatic rings. The van der Waals surface area contributed by atoms with Crippen molar-refractivity contribution in [2.45, 2.75) is 20.8 Å². The van der Waals surface area contributed by atoms with Crippen molar-refractivity contribution in [2.24, 2.45) is 0 Å². The highest BCUT2D eigenvalue weighted by molar-refractivity contribution is 8.00. The van der Waals surface area contributed by atoms with Crippen LogP contribution in [0, 0.1) is 20.8 Å². The maximum absolute atomic E-state index is 12.0. The number of nitrogens with one attached hydrogen (secondary N) is 2. The Morgan fingerprint density at radius 1 is 0.880 bits per heavy atom. The predicted octanol–water partition coefficient (Wildman–Crippen LogP) is 4.58. The number of anilines is 2. The Morgan fingerprint density at radius 3 is 2.00 bits per heavy atom. The monoisotopic (exact) mass is 376 g/mol. The van der Waals surface area contributed by atoms with Gasteiger partial charge in [0.1, 0.15) is 0 Å². The van der Waals surface area contributed by atoms with E-state index >= 15 is 0 Å². The van der Waals surface area contributed by atoms with Gasteiger partial charge in [0.2, 0.25) is 11.8 Å². The summed E-state index contributed by atoms with van der Waals surface area (Å²) in [5, 5.41) is 6.31. The summed E-state index contributed by atoms with van der Waals surface area (Å²) in [6.45, 7) is 5.82. The molecule has 0 radical (unpaired) electrons. The van der Waals surface area contributed by atoms with Gasteiger partial charge in [-0.3, -0.25) is 9.59 Å². The molecular weight excluding hydrogens is 356 g/mol. The fourth-order valence-corrected chi connectivity index (χ4v) is 3.03. The van der Waals surface area contributed by atoms with Crippen LogP contribution >= 0.6 is 23.4 Å². The van der Waals surface area contributed by atoms with Gasteiger partial charge in [-0.2, -0.15) is 0 Å². The second-order valence-electron chi connectivity index (χ2n) is 5.75. The van der Waals surface area contributed by atoms with E-state index < -0.39 is 0 Å². The van der Waals surface area contributed by atoms with Crippen molar-refractivity contribution >= 4 is 46.6 Å². The number of carbonyl (C=O) groups excluding carboxylic acids is 2. The van der Waals surface area contributed by atoms with E-state index in [0.29, 0.717) is 10.7 Å². The fourth-order valence-electron chi connectivity index (χ4n) is 2.24. The predicted molar refractivity (Wildman–Crippen MR) is 107 cm³/mol. The molecule has 4 nitrogen and oxygen atoms in total. The van der Waals surface area contributed by atoms with Gasteiger partial charge in [0, 0.05) is 16.4 Å². The van der Waals surface area contributed by atoms with Gasteiger partial charge in [0.15, 0.2) is 0 Å². The van der Waals surface area contributed by atoms with Gasteiger partial charge in [-0.1, -0.05) is 29.8 Å². The van der Waals surface area contributed by atoms with Crippen LogP contribution in [0.25, 0.3) is 0 Å². The van der Waals surface area contributed by atoms with Crippen molar-refractivity contribution in [2.75, 3.05) is 22.1 Å². The molecule has 132 valence electrons. The second-order valence-corrected chi connectivity index (χ2v) is 7.14. The first kappa shape index (κ1) is 19.3. The first-order valence-electron chi connectivity index (χ1n) is 7.87. The number of carbonyl (C=O) groups is 2. The highest BCUT2D eigenvalue weighted by Gasteiger charge is 2.10. The molecule has 0 saturated heterocycles. The summed E-state index contributed by atoms with van der Waals surface area (Å²) in [5.74, 6) is 0.141. The number of benzene rings is 2. The highest BCUT2D eigenvalue weighted by Crippen LogP contribution is 2.23. The van der Waals surface area contributed by atoms with Crippen LogP contribution in [-0.4, -0.2) is 23.3 Å². The molecule has 0 atom stereocenters. The molecule has 2 amide bonds. The smallest absolute Gasteiger partial charge is 0.234 e. The summed E-state index contributed by atoms with van der Waals surface area (Å²) in [6.07, 6.45) is 0. The Bertz CT molecular complexity index is 727. The van der Waals surface area contributed by atoms with E-state index in [9.17, 15) is 9.59 Å². The summed E-state index contributed by atoms with van der Waals surface area (Å²) < 4.78 is 0. The van der Waals surface area contributed by atoms with Crippen LogP contribution in [0.4, 0.5) is 11.4 Å². The number of hydrogen-bond acceptors (Lipinski definition) is 3. The molecule has 2 rings (SSSR count). The molecule has 6 heteroatoms. The summed E-state index contributed by atoms with van der Waals surface area (Å²) in [5.41, 5.74) is 4.51. The third kappa shape index (κ3) is 5.51. The van der Waals surface area contributed by atoms with Crippen LogP contribution in [0.5, 0.6) is 0 Å². The number of thioether (sulfide) groups is 1. The summed E-state index contributed by atoms with van der Waals surface area (Å²) in [6, 6.07) is 11.2. The van der Waals surface area contributed by atoms with Crippen LogP contribution in [0.1, 0.15) is 16.7 Å². The van der Waals surface area contributed by atoms with Crippen molar-refractivity contribution in [3.8, 4) is 0 Å². The lowest BCUT2D eigenvalue weighted by Crippen LogP contribution is -2.19. The van der Waals surface area contributed by atoms with Crippen LogP contribution in [0.3, 0.4) is 0 Å².